The zero-order chi connectivity index (χ0) is 12.3. The molecule has 0 aliphatic rings. The molecule has 0 fully saturated rings. The fourth-order valence-electron chi connectivity index (χ4n) is 1.96. The molecule has 2 atom stereocenters. The maximum atomic E-state index is 4.42. The second kappa shape index (κ2) is 5.46. The Morgan fingerprint density at radius 1 is 1.06 bits per heavy atom. The van der Waals surface area contributed by atoms with Crippen molar-refractivity contribution in [1.82, 2.24) is 4.98 Å². The highest BCUT2D eigenvalue weighted by Gasteiger charge is 2.19. The third kappa shape index (κ3) is 2.75. The Kier molecular flexibility index (Phi) is 3.95. The van der Waals surface area contributed by atoms with Gasteiger partial charge in [0.2, 0.25) is 0 Å². The van der Waals surface area contributed by atoms with E-state index in [1.807, 2.05) is 18.3 Å². The maximum Gasteiger partial charge on any atom is 0.0478 e. The highest BCUT2D eigenvalue weighted by molar-refractivity contribution is 9.09. The minimum Gasteiger partial charge on any atom is -0.261 e. The molecule has 1 aromatic carbocycles. The fourth-order valence-corrected chi connectivity index (χ4v) is 2.75. The molecular weight excluding hydrogens is 274 g/mol. The molecule has 0 amide bonds. The van der Waals surface area contributed by atoms with Gasteiger partial charge in [0, 0.05) is 22.6 Å². The average Bonchev–Trinajstić information content (AvgIpc) is 2.39. The summed E-state index contributed by atoms with van der Waals surface area (Å²) in [5.74, 6) is 0.359. The summed E-state index contributed by atoms with van der Waals surface area (Å²) in [7, 11) is 0. The molecule has 17 heavy (non-hydrogen) atoms. The molecule has 0 saturated heterocycles. The first-order valence-electron chi connectivity index (χ1n) is 5.80. The van der Waals surface area contributed by atoms with E-state index < -0.39 is 0 Å². The molecule has 2 rings (SSSR count). The van der Waals surface area contributed by atoms with Crippen molar-refractivity contribution in [2.24, 2.45) is 0 Å². The zero-order valence-corrected chi connectivity index (χ0v) is 11.7. The molecule has 0 spiro atoms. The van der Waals surface area contributed by atoms with Crippen LogP contribution in [-0.2, 0) is 0 Å². The summed E-state index contributed by atoms with van der Waals surface area (Å²) < 4.78 is 0. The molecule has 2 aromatic rings. The van der Waals surface area contributed by atoms with Crippen LogP contribution in [0.3, 0.4) is 0 Å². The Morgan fingerprint density at radius 2 is 1.76 bits per heavy atom. The summed E-state index contributed by atoms with van der Waals surface area (Å²) in [6.07, 6.45) is 1.85. The van der Waals surface area contributed by atoms with Gasteiger partial charge in [-0.25, -0.2) is 0 Å². The van der Waals surface area contributed by atoms with E-state index in [0.717, 1.165) is 5.69 Å². The number of alkyl halides is 1. The van der Waals surface area contributed by atoms with E-state index in [-0.39, 0.29) is 0 Å². The van der Waals surface area contributed by atoms with Crippen molar-refractivity contribution < 1.29 is 0 Å². The quantitative estimate of drug-likeness (QED) is 0.751. The lowest BCUT2D eigenvalue weighted by Crippen LogP contribution is -2.05. The number of hydrogen-bond donors (Lipinski definition) is 0. The molecule has 0 aliphatic carbocycles. The van der Waals surface area contributed by atoms with Crippen molar-refractivity contribution in [2.75, 3.05) is 0 Å². The van der Waals surface area contributed by atoms with Crippen molar-refractivity contribution in [3.8, 4) is 0 Å². The van der Waals surface area contributed by atoms with E-state index in [1.165, 1.54) is 11.1 Å². The Hall–Kier alpha value is -1.15. The van der Waals surface area contributed by atoms with Crippen LogP contribution < -0.4 is 0 Å². The molecule has 1 nitrogen and oxygen atoms in total. The summed E-state index contributed by atoms with van der Waals surface area (Å²) >= 11 is 3.80. The zero-order valence-electron chi connectivity index (χ0n) is 10.1. The lowest BCUT2D eigenvalue weighted by molar-refractivity contribution is 0.721. The van der Waals surface area contributed by atoms with E-state index in [4.69, 9.17) is 0 Å². The number of pyridine rings is 1. The van der Waals surface area contributed by atoms with Crippen LogP contribution >= 0.6 is 15.9 Å². The van der Waals surface area contributed by atoms with Crippen LogP contribution in [0.2, 0.25) is 0 Å². The topological polar surface area (TPSA) is 12.9 Å². The molecule has 2 heteroatoms. The number of benzene rings is 1. The van der Waals surface area contributed by atoms with Crippen molar-refractivity contribution in [2.45, 2.75) is 24.6 Å². The third-order valence-corrected chi connectivity index (χ3v) is 4.37. The smallest absolute Gasteiger partial charge is 0.0478 e. The van der Waals surface area contributed by atoms with Crippen LogP contribution in [0.1, 0.15) is 34.5 Å². The predicted molar refractivity (Wildman–Crippen MR) is 75.5 cm³/mol. The van der Waals surface area contributed by atoms with E-state index in [9.17, 15) is 0 Å². The second-order valence-corrected chi connectivity index (χ2v) is 5.29. The minimum absolute atomic E-state index is 0.304. The lowest BCUT2D eigenvalue weighted by Gasteiger charge is -2.20. The van der Waals surface area contributed by atoms with Gasteiger partial charge in [0.1, 0.15) is 0 Å². The predicted octanol–water partition coefficient (Wildman–Crippen LogP) is 4.63. The van der Waals surface area contributed by atoms with E-state index in [0.29, 0.717) is 10.7 Å². The van der Waals surface area contributed by atoms with Gasteiger partial charge < -0.3 is 0 Å². The first kappa shape index (κ1) is 12.3. The number of hydrogen-bond acceptors (Lipinski definition) is 1. The first-order valence-corrected chi connectivity index (χ1v) is 6.72. The average molecular weight is 290 g/mol. The molecule has 0 bridgehead atoms. The summed E-state index contributed by atoms with van der Waals surface area (Å²) in [6.45, 7) is 4.35. The maximum absolute atomic E-state index is 4.42. The van der Waals surface area contributed by atoms with Crippen LogP contribution in [0, 0.1) is 6.92 Å². The van der Waals surface area contributed by atoms with Gasteiger partial charge in [-0.05, 0) is 30.2 Å². The van der Waals surface area contributed by atoms with E-state index in [2.05, 4.69) is 65.1 Å². The van der Waals surface area contributed by atoms with Gasteiger partial charge in [-0.3, -0.25) is 4.98 Å². The number of nitrogens with zero attached hydrogens (tertiary/aromatic N) is 1. The van der Waals surface area contributed by atoms with Gasteiger partial charge in [0.15, 0.2) is 0 Å². The largest absolute Gasteiger partial charge is 0.261 e. The summed E-state index contributed by atoms with van der Waals surface area (Å²) in [5, 5.41) is 0. The van der Waals surface area contributed by atoms with E-state index in [1.54, 1.807) is 0 Å². The fraction of sp³-hybridized carbons (Fsp3) is 0.267. The second-order valence-electron chi connectivity index (χ2n) is 4.30. The summed E-state index contributed by atoms with van der Waals surface area (Å²) in [5.41, 5.74) is 3.78. The SMILES string of the molecule is Cc1ccccc1C(Br)C(C)c1ccccn1. The standard InChI is InChI=1S/C15H16BrN/c1-11-7-3-4-8-13(11)15(16)12(2)14-9-5-6-10-17-14/h3-10,12,15H,1-2H3. The normalized spacial score (nSPS) is 14.3. The first-order chi connectivity index (χ1) is 8.20. The third-order valence-electron chi connectivity index (χ3n) is 3.08. The monoisotopic (exact) mass is 289 g/mol. The molecule has 0 saturated carbocycles. The number of aromatic nitrogens is 1. The summed E-state index contributed by atoms with van der Waals surface area (Å²) in [4.78, 5) is 4.73. The van der Waals surface area contributed by atoms with Gasteiger partial charge in [-0.2, -0.15) is 0 Å². The van der Waals surface area contributed by atoms with Crippen molar-refractivity contribution >= 4 is 15.9 Å². The van der Waals surface area contributed by atoms with Crippen LogP contribution in [-0.4, -0.2) is 4.98 Å². The van der Waals surface area contributed by atoms with Crippen LogP contribution in [0.4, 0.5) is 0 Å². The molecular formula is C15H16BrN. The molecule has 0 N–H and O–H groups in total. The lowest BCUT2D eigenvalue weighted by atomic mass is 9.94. The highest BCUT2D eigenvalue weighted by atomic mass is 79.9. The Balaban J connectivity index is 2.27. The Labute approximate surface area is 111 Å². The molecule has 1 heterocycles. The molecule has 1 aromatic heterocycles. The molecule has 2 unspecified atom stereocenters. The molecule has 0 radical (unpaired) electrons. The highest BCUT2D eigenvalue weighted by Crippen LogP contribution is 2.37. The Morgan fingerprint density at radius 3 is 2.41 bits per heavy atom. The van der Waals surface area contributed by atoms with E-state index >= 15 is 0 Å². The minimum atomic E-state index is 0.304. The van der Waals surface area contributed by atoms with Gasteiger partial charge in [-0.1, -0.05) is 53.2 Å². The number of rotatable bonds is 3. The van der Waals surface area contributed by atoms with Gasteiger partial charge in [0.05, 0.1) is 0 Å². The number of aryl methyl sites for hydroxylation is 1. The number of halogens is 1. The van der Waals surface area contributed by atoms with Gasteiger partial charge in [0.25, 0.3) is 0 Å². The Bertz CT molecular complexity index is 481. The van der Waals surface area contributed by atoms with Gasteiger partial charge in [-0.15, -0.1) is 0 Å². The van der Waals surface area contributed by atoms with Crippen LogP contribution in [0.5, 0.6) is 0 Å². The summed E-state index contributed by atoms with van der Waals surface area (Å²) in [6, 6.07) is 14.6. The van der Waals surface area contributed by atoms with Crippen LogP contribution in [0.25, 0.3) is 0 Å². The van der Waals surface area contributed by atoms with Crippen molar-refractivity contribution in [1.29, 1.82) is 0 Å². The molecule has 88 valence electrons. The van der Waals surface area contributed by atoms with Crippen LogP contribution in [0.15, 0.2) is 48.7 Å². The van der Waals surface area contributed by atoms with Crippen molar-refractivity contribution in [3.63, 3.8) is 0 Å². The van der Waals surface area contributed by atoms with Gasteiger partial charge >= 0.3 is 0 Å². The molecule has 0 aliphatic heterocycles. The van der Waals surface area contributed by atoms with Crippen molar-refractivity contribution in [3.05, 3.63) is 65.5 Å².